The molecule has 0 spiro atoms. The molecule has 0 aliphatic rings. The topological polar surface area (TPSA) is 0 Å². The maximum Gasteiger partial charge on any atom is 0.123 e. The summed E-state index contributed by atoms with van der Waals surface area (Å²) in [6, 6.07) is 15.5. The van der Waals surface area contributed by atoms with Crippen LogP contribution in [0.4, 0.5) is 4.39 Å². The van der Waals surface area contributed by atoms with E-state index in [9.17, 15) is 4.39 Å². The second-order valence-electron chi connectivity index (χ2n) is 3.27. The molecule has 14 heavy (non-hydrogen) atoms. The highest BCUT2D eigenvalue weighted by molar-refractivity contribution is 5.63. The van der Waals surface area contributed by atoms with Gasteiger partial charge in [0.1, 0.15) is 5.82 Å². The maximum atomic E-state index is 12.7. The molecule has 0 aliphatic carbocycles. The van der Waals surface area contributed by atoms with Gasteiger partial charge in [-0.25, -0.2) is 4.39 Å². The van der Waals surface area contributed by atoms with E-state index in [0.29, 0.717) is 0 Å². The first-order valence-corrected chi connectivity index (χ1v) is 4.50. The lowest BCUT2D eigenvalue weighted by molar-refractivity contribution is 0.628. The zero-order valence-electron chi connectivity index (χ0n) is 7.92. The molecule has 0 amide bonds. The van der Waals surface area contributed by atoms with Crippen LogP contribution in [0.15, 0.2) is 42.5 Å². The van der Waals surface area contributed by atoms with Gasteiger partial charge in [0.05, 0.1) is 0 Å². The Labute approximate surface area is 83.0 Å². The minimum atomic E-state index is -0.201. The van der Waals surface area contributed by atoms with E-state index in [1.165, 1.54) is 12.1 Å². The van der Waals surface area contributed by atoms with Gasteiger partial charge in [-0.3, -0.25) is 0 Å². The SMILES string of the molecule is Cc1[c]ccc(-c2ccc(F)cc2)c1. The van der Waals surface area contributed by atoms with Crippen LogP contribution in [0.25, 0.3) is 11.1 Å². The molecule has 0 N–H and O–H groups in total. The van der Waals surface area contributed by atoms with Gasteiger partial charge in [-0.1, -0.05) is 30.3 Å². The van der Waals surface area contributed by atoms with E-state index >= 15 is 0 Å². The molecule has 0 fully saturated rings. The van der Waals surface area contributed by atoms with Crippen molar-refractivity contribution in [1.82, 2.24) is 0 Å². The molecule has 0 unspecified atom stereocenters. The van der Waals surface area contributed by atoms with Crippen molar-refractivity contribution >= 4 is 0 Å². The molecule has 0 heterocycles. The van der Waals surface area contributed by atoms with Crippen molar-refractivity contribution < 1.29 is 4.39 Å². The minimum Gasteiger partial charge on any atom is -0.207 e. The van der Waals surface area contributed by atoms with E-state index in [1.54, 1.807) is 12.1 Å². The van der Waals surface area contributed by atoms with Gasteiger partial charge in [0.2, 0.25) is 0 Å². The summed E-state index contributed by atoms with van der Waals surface area (Å²) < 4.78 is 12.7. The van der Waals surface area contributed by atoms with Crippen molar-refractivity contribution in [1.29, 1.82) is 0 Å². The third kappa shape index (κ3) is 1.82. The Kier molecular flexibility index (Phi) is 2.32. The maximum absolute atomic E-state index is 12.7. The number of rotatable bonds is 1. The Morgan fingerprint density at radius 2 is 1.71 bits per heavy atom. The summed E-state index contributed by atoms with van der Waals surface area (Å²) in [5.74, 6) is -0.201. The molecule has 2 rings (SSSR count). The van der Waals surface area contributed by atoms with Gasteiger partial charge in [-0.2, -0.15) is 0 Å². The van der Waals surface area contributed by atoms with E-state index < -0.39 is 0 Å². The van der Waals surface area contributed by atoms with Gasteiger partial charge in [-0.15, -0.1) is 0 Å². The fourth-order valence-corrected chi connectivity index (χ4v) is 1.41. The fraction of sp³-hybridized carbons (Fsp3) is 0.0769. The summed E-state index contributed by atoms with van der Waals surface area (Å²) in [7, 11) is 0. The lowest BCUT2D eigenvalue weighted by atomic mass is 10.0. The largest absolute Gasteiger partial charge is 0.207 e. The zero-order chi connectivity index (χ0) is 9.97. The standard InChI is InChI=1S/C13H10F/c1-10-3-2-4-12(9-10)11-5-7-13(14)8-6-11/h2,4-9H,1H3. The molecular weight excluding hydrogens is 175 g/mol. The quantitative estimate of drug-likeness (QED) is 0.636. The van der Waals surface area contributed by atoms with E-state index in [1.807, 2.05) is 25.1 Å². The summed E-state index contributed by atoms with van der Waals surface area (Å²) >= 11 is 0. The van der Waals surface area contributed by atoms with Crippen LogP contribution in [-0.2, 0) is 0 Å². The van der Waals surface area contributed by atoms with Crippen LogP contribution in [0.5, 0.6) is 0 Å². The highest BCUT2D eigenvalue weighted by Gasteiger charge is 1.97. The number of hydrogen-bond donors (Lipinski definition) is 0. The fourth-order valence-electron chi connectivity index (χ4n) is 1.41. The molecule has 0 aromatic heterocycles. The van der Waals surface area contributed by atoms with Gasteiger partial charge in [0.15, 0.2) is 0 Å². The van der Waals surface area contributed by atoms with Gasteiger partial charge >= 0.3 is 0 Å². The predicted octanol–water partition coefficient (Wildman–Crippen LogP) is 3.60. The third-order valence-corrected chi connectivity index (χ3v) is 2.12. The van der Waals surface area contributed by atoms with Crippen molar-refractivity contribution in [2.24, 2.45) is 0 Å². The number of hydrogen-bond acceptors (Lipinski definition) is 0. The third-order valence-electron chi connectivity index (χ3n) is 2.12. The van der Waals surface area contributed by atoms with Gasteiger partial charge in [0.25, 0.3) is 0 Å². The number of aryl methyl sites for hydroxylation is 1. The average molecular weight is 185 g/mol. The summed E-state index contributed by atoms with van der Waals surface area (Å²) in [4.78, 5) is 0. The second-order valence-corrected chi connectivity index (χ2v) is 3.27. The van der Waals surface area contributed by atoms with Gasteiger partial charge in [0, 0.05) is 0 Å². The first-order valence-electron chi connectivity index (χ1n) is 4.50. The molecular formula is C13H10F. The van der Waals surface area contributed by atoms with E-state index in [0.717, 1.165) is 16.7 Å². The molecule has 0 saturated carbocycles. The lowest BCUT2D eigenvalue weighted by Crippen LogP contribution is -1.80. The first-order chi connectivity index (χ1) is 6.75. The highest BCUT2D eigenvalue weighted by Crippen LogP contribution is 2.19. The monoisotopic (exact) mass is 185 g/mol. The van der Waals surface area contributed by atoms with Crippen LogP contribution in [0, 0.1) is 18.8 Å². The smallest absolute Gasteiger partial charge is 0.123 e. The number of halogens is 1. The van der Waals surface area contributed by atoms with Crippen LogP contribution in [0.3, 0.4) is 0 Å². The average Bonchev–Trinajstić information content (AvgIpc) is 2.19. The molecule has 0 bridgehead atoms. The van der Waals surface area contributed by atoms with Gasteiger partial charge in [-0.05, 0) is 41.8 Å². The Balaban J connectivity index is 2.44. The van der Waals surface area contributed by atoms with Crippen molar-refractivity contribution in [2.45, 2.75) is 6.92 Å². The minimum absolute atomic E-state index is 0.201. The molecule has 1 radical (unpaired) electrons. The molecule has 2 aromatic rings. The van der Waals surface area contributed by atoms with Crippen molar-refractivity contribution in [3.8, 4) is 11.1 Å². The first kappa shape index (κ1) is 8.95. The van der Waals surface area contributed by atoms with Crippen molar-refractivity contribution in [3.05, 3.63) is 59.9 Å². The normalized spacial score (nSPS) is 10.1. The zero-order valence-corrected chi connectivity index (χ0v) is 7.92. The van der Waals surface area contributed by atoms with Crippen LogP contribution in [-0.4, -0.2) is 0 Å². The molecule has 69 valence electrons. The molecule has 2 aromatic carbocycles. The summed E-state index contributed by atoms with van der Waals surface area (Å²) in [6.45, 7) is 1.99. The van der Waals surface area contributed by atoms with E-state index in [-0.39, 0.29) is 5.82 Å². The Bertz CT molecular complexity index is 429. The molecule has 0 aliphatic heterocycles. The predicted molar refractivity (Wildman–Crippen MR) is 55.4 cm³/mol. The molecule has 0 saturated heterocycles. The second kappa shape index (κ2) is 3.62. The lowest BCUT2D eigenvalue weighted by Gasteiger charge is -2.01. The Morgan fingerprint density at radius 1 is 1.00 bits per heavy atom. The summed E-state index contributed by atoms with van der Waals surface area (Å²) in [5, 5.41) is 0. The Hall–Kier alpha value is -1.63. The van der Waals surface area contributed by atoms with Crippen molar-refractivity contribution in [2.75, 3.05) is 0 Å². The summed E-state index contributed by atoms with van der Waals surface area (Å²) in [6.07, 6.45) is 0. The molecule has 0 atom stereocenters. The number of benzene rings is 2. The van der Waals surface area contributed by atoms with E-state index in [2.05, 4.69) is 6.07 Å². The van der Waals surface area contributed by atoms with Gasteiger partial charge < -0.3 is 0 Å². The van der Waals surface area contributed by atoms with Crippen LogP contribution in [0.2, 0.25) is 0 Å². The molecule has 0 nitrogen and oxygen atoms in total. The summed E-state index contributed by atoms with van der Waals surface area (Å²) in [5.41, 5.74) is 3.22. The van der Waals surface area contributed by atoms with Crippen molar-refractivity contribution in [3.63, 3.8) is 0 Å². The van der Waals surface area contributed by atoms with Crippen LogP contribution >= 0.6 is 0 Å². The van der Waals surface area contributed by atoms with Crippen LogP contribution in [0.1, 0.15) is 5.56 Å². The molecule has 1 heteroatoms. The van der Waals surface area contributed by atoms with E-state index in [4.69, 9.17) is 0 Å². The van der Waals surface area contributed by atoms with Crippen LogP contribution < -0.4 is 0 Å². The highest BCUT2D eigenvalue weighted by atomic mass is 19.1. The Morgan fingerprint density at radius 3 is 2.36 bits per heavy atom.